The first kappa shape index (κ1) is 14.7. The third kappa shape index (κ3) is 2.92. The summed E-state index contributed by atoms with van der Waals surface area (Å²) in [6, 6.07) is 0.372. The number of ether oxygens (including phenoxy) is 1. The van der Waals surface area contributed by atoms with Crippen molar-refractivity contribution in [2.75, 3.05) is 7.11 Å². The fourth-order valence-electron chi connectivity index (χ4n) is 2.17. The van der Waals surface area contributed by atoms with Crippen molar-refractivity contribution in [3.05, 3.63) is 17.0 Å². The monoisotopic (exact) mass is 252 g/mol. The molecule has 1 aromatic heterocycles. The van der Waals surface area contributed by atoms with Crippen molar-refractivity contribution >= 4 is 5.97 Å². The smallest absolute Gasteiger partial charge is 0.310 e. The van der Waals surface area contributed by atoms with E-state index in [1.807, 2.05) is 0 Å². The predicted molar refractivity (Wildman–Crippen MR) is 71.7 cm³/mol. The van der Waals surface area contributed by atoms with Gasteiger partial charge in [-0.2, -0.15) is 5.10 Å². The van der Waals surface area contributed by atoms with Gasteiger partial charge in [0.15, 0.2) is 0 Å². The van der Waals surface area contributed by atoms with Gasteiger partial charge in [-0.05, 0) is 26.2 Å². The van der Waals surface area contributed by atoms with Crippen molar-refractivity contribution in [3.63, 3.8) is 0 Å². The summed E-state index contributed by atoms with van der Waals surface area (Å²) in [6.45, 7) is 8.49. The molecule has 0 aromatic carbocycles. The molecule has 0 saturated carbocycles. The number of esters is 1. The second-order valence-corrected chi connectivity index (χ2v) is 4.53. The average molecular weight is 252 g/mol. The first-order chi connectivity index (χ1) is 8.58. The van der Waals surface area contributed by atoms with Crippen molar-refractivity contribution < 1.29 is 9.53 Å². The van der Waals surface area contributed by atoms with Crippen LogP contribution in [0.2, 0.25) is 0 Å². The second-order valence-electron chi connectivity index (χ2n) is 4.53. The number of aryl methyl sites for hydroxylation is 1. The van der Waals surface area contributed by atoms with Gasteiger partial charge in [0.25, 0.3) is 0 Å². The Labute approximate surface area is 109 Å². The number of carbonyl (C=O) groups is 1. The summed E-state index contributed by atoms with van der Waals surface area (Å²) in [7, 11) is 1.43. The predicted octanol–water partition coefficient (Wildman–Crippen LogP) is 2.69. The number of nitrogens with zero attached hydrogens (tertiary/aromatic N) is 2. The first-order valence-electron chi connectivity index (χ1n) is 6.74. The van der Waals surface area contributed by atoms with E-state index in [-0.39, 0.29) is 5.97 Å². The van der Waals surface area contributed by atoms with E-state index >= 15 is 0 Å². The lowest BCUT2D eigenvalue weighted by Gasteiger charge is -2.13. The topological polar surface area (TPSA) is 44.1 Å². The molecule has 0 aliphatic rings. The van der Waals surface area contributed by atoms with Crippen molar-refractivity contribution in [1.82, 2.24) is 9.78 Å². The summed E-state index contributed by atoms with van der Waals surface area (Å²) in [5.74, 6) is -0.192. The van der Waals surface area contributed by atoms with E-state index in [0.29, 0.717) is 12.5 Å². The van der Waals surface area contributed by atoms with E-state index < -0.39 is 0 Å². The van der Waals surface area contributed by atoms with Crippen LogP contribution in [0.3, 0.4) is 0 Å². The Morgan fingerprint density at radius 2 is 2.00 bits per heavy atom. The molecule has 0 saturated heterocycles. The van der Waals surface area contributed by atoms with Crippen molar-refractivity contribution in [2.45, 2.75) is 59.4 Å². The summed E-state index contributed by atoms with van der Waals surface area (Å²) < 4.78 is 6.85. The normalized spacial score (nSPS) is 12.5. The third-order valence-corrected chi connectivity index (χ3v) is 3.43. The zero-order valence-electron chi connectivity index (χ0n) is 12.1. The Morgan fingerprint density at radius 1 is 1.33 bits per heavy atom. The molecule has 1 rings (SSSR count). The Balaban J connectivity index is 3.20. The molecule has 1 unspecified atom stereocenters. The Morgan fingerprint density at radius 3 is 2.44 bits per heavy atom. The van der Waals surface area contributed by atoms with Gasteiger partial charge < -0.3 is 4.74 Å². The van der Waals surface area contributed by atoms with Crippen LogP contribution in [0.15, 0.2) is 0 Å². The third-order valence-electron chi connectivity index (χ3n) is 3.43. The van der Waals surface area contributed by atoms with E-state index in [9.17, 15) is 4.79 Å². The fraction of sp³-hybridized carbons (Fsp3) is 0.714. The van der Waals surface area contributed by atoms with E-state index in [2.05, 4.69) is 37.5 Å². The maximum atomic E-state index is 11.5. The molecule has 1 aromatic rings. The van der Waals surface area contributed by atoms with Gasteiger partial charge >= 0.3 is 5.97 Å². The van der Waals surface area contributed by atoms with Crippen LogP contribution in [0.5, 0.6) is 0 Å². The van der Waals surface area contributed by atoms with E-state index in [1.54, 1.807) is 0 Å². The van der Waals surface area contributed by atoms with Gasteiger partial charge in [-0.3, -0.25) is 9.48 Å². The molecule has 0 amide bonds. The van der Waals surface area contributed by atoms with Crippen molar-refractivity contribution in [1.29, 1.82) is 0 Å². The molecule has 0 spiro atoms. The van der Waals surface area contributed by atoms with E-state index in [0.717, 1.165) is 30.5 Å². The highest BCUT2D eigenvalue weighted by Gasteiger charge is 2.20. The summed E-state index contributed by atoms with van der Waals surface area (Å²) >= 11 is 0. The molecular weight excluding hydrogens is 228 g/mol. The van der Waals surface area contributed by atoms with Crippen LogP contribution >= 0.6 is 0 Å². The number of methoxy groups -OCH3 is 1. The Hall–Kier alpha value is -1.32. The zero-order chi connectivity index (χ0) is 13.7. The molecular formula is C14H24N2O2. The highest BCUT2D eigenvalue weighted by atomic mass is 16.5. The molecule has 0 aliphatic carbocycles. The largest absolute Gasteiger partial charge is 0.469 e. The van der Waals surface area contributed by atoms with Crippen molar-refractivity contribution in [2.24, 2.45) is 0 Å². The van der Waals surface area contributed by atoms with Gasteiger partial charge in [-0.1, -0.05) is 20.8 Å². The van der Waals surface area contributed by atoms with Gasteiger partial charge in [0.2, 0.25) is 0 Å². The first-order valence-corrected chi connectivity index (χ1v) is 6.74. The quantitative estimate of drug-likeness (QED) is 0.731. The van der Waals surface area contributed by atoms with Gasteiger partial charge in [0, 0.05) is 17.3 Å². The lowest BCUT2D eigenvalue weighted by Crippen LogP contribution is -2.11. The number of carbonyl (C=O) groups excluding carboxylic acids is 1. The lowest BCUT2D eigenvalue weighted by atomic mass is 10.1. The van der Waals surface area contributed by atoms with Gasteiger partial charge in [0.1, 0.15) is 0 Å². The van der Waals surface area contributed by atoms with Crippen LogP contribution in [0.25, 0.3) is 0 Å². The van der Waals surface area contributed by atoms with Crippen LogP contribution in [-0.2, 0) is 28.8 Å². The highest BCUT2D eigenvalue weighted by molar-refractivity contribution is 5.73. The molecule has 0 radical (unpaired) electrons. The molecule has 0 aliphatic heterocycles. The fourth-order valence-corrected chi connectivity index (χ4v) is 2.17. The number of aromatic nitrogens is 2. The number of hydrogen-bond acceptors (Lipinski definition) is 3. The maximum Gasteiger partial charge on any atom is 0.310 e. The van der Waals surface area contributed by atoms with Crippen molar-refractivity contribution in [3.8, 4) is 0 Å². The molecule has 102 valence electrons. The van der Waals surface area contributed by atoms with Crippen LogP contribution in [-0.4, -0.2) is 22.9 Å². The SMILES string of the molecule is CCc1nn(C(C)CC)c(CC)c1CC(=O)OC. The lowest BCUT2D eigenvalue weighted by molar-refractivity contribution is -0.139. The Bertz CT molecular complexity index is 410. The minimum Gasteiger partial charge on any atom is -0.469 e. The van der Waals surface area contributed by atoms with Gasteiger partial charge in [-0.15, -0.1) is 0 Å². The molecule has 4 heteroatoms. The van der Waals surface area contributed by atoms with Gasteiger partial charge in [0.05, 0.1) is 19.2 Å². The molecule has 0 N–H and O–H groups in total. The number of hydrogen-bond donors (Lipinski definition) is 0. The maximum absolute atomic E-state index is 11.5. The van der Waals surface area contributed by atoms with E-state index in [1.165, 1.54) is 12.8 Å². The Kier molecular flexibility index (Phi) is 5.38. The summed E-state index contributed by atoms with van der Waals surface area (Å²) in [5.41, 5.74) is 3.26. The molecule has 1 heterocycles. The zero-order valence-corrected chi connectivity index (χ0v) is 12.1. The summed E-state index contributed by atoms with van der Waals surface area (Å²) in [4.78, 5) is 11.5. The highest BCUT2D eigenvalue weighted by Crippen LogP contribution is 2.22. The second kappa shape index (κ2) is 6.57. The van der Waals surface area contributed by atoms with Crippen LogP contribution in [0.1, 0.15) is 57.1 Å². The summed E-state index contributed by atoms with van der Waals surface area (Å²) in [6.07, 6.45) is 3.11. The molecule has 18 heavy (non-hydrogen) atoms. The minimum absolute atomic E-state index is 0.192. The summed E-state index contributed by atoms with van der Waals surface area (Å²) in [5, 5.41) is 4.67. The van der Waals surface area contributed by atoms with Gasteiger partial charge in [-0.25, -0.2) is 0 Å². The molecule has 0 bridgehead atoms. The molecule has 4 nitrogen and oxygen atoms in total. The number of rotatable bonds is 6. The minimum atomic E-state index is -0.192. The van der Waals surface area contributed by atoms with Crippen LogP contribution < -0.4 is 0 Å². The molecule has 0 fully saturated rings. The van der Waals surface area contributed by atoms with Crippen LogP contribution in [0, 0.1) is 0 Å². The standard InChI is InChI=1S/C14H24N2O2/c1-6-10(4)16-13(8-3)11(9-14(17)18-5)12(7-2)15-16/h10H,6-9H2,1-5H3. The molecule has 1 atom stereocenters. The van der Waals surface area contributed by atoms with E-state index in [4.69, 9.17) is 4.74 Å². The average Bonchev–Trinajstić information content (AvgIpc) is 2.75. The van der Waals surface area contributed by atoms with Crippen LogP contribution in [0.4, 0.5) is 0 Å².